The van der Waals surface area contributed by atoms with Crippen molar-refractivity contribution in [2.24, 2.45) is 5.10 Å². The number of benzene rings is 2. The van der Waals surface area contributed by atoms with Crippen LogP contribution in [0.25, 0.3) is 0 Å². The average Bonchev–Trinajstić information content (AvgIpc) is 2.66. The number of hydrogen-bond acceptors (Lipinski definition) is 5. The zero-order chi connectivity index (χ0) is 19.2. The molecule has 0 aromatic heterocycles. The molecular weight excluding hydrogens is 370 g/mol. The van der Waals surface area contributed by atoms with Gasteiger partial charge in [0.1, 0.15) is 13.2 Å². The zero-order valence-electron chi connectivity index (χ0n) is 14.6. The van der Waals surface area contributed by atoms with Crippen LogP contribution in [0, 0.1) is 0 Å². The van der Waals surface area contributed by atoms with Crippen molar-refractivity contribution in [3.05, 3.63) is 53.1 Å². The molecule has 0 radical (unpaired) electrons. The van der Waals surface area contributed by atoms with Crippen molar-refractivity contribution in [2.75, 3.05) is 18.5 Å². The monoisotopic (exact) mass is 387 g/mol. The van der Waals surface area contributed by atoms with Crippen LogP contribution >= 0.6 is 11.6 Å². The van der Waals surface area contributed by atoms with E-state index in [1.54, 1.807) is 49.4 Å². The van der Waals surface area contributed by atoms with Crippen LogP contribution in [0.4, 0.5) is 5.69 Å². The Labute approximate surface area is 161 Å². The fourth-order valence-electron chi connectivity index (χ4n) is 2.41. The number of amides is 2. The number of nitrogens with zero attached hydrogens (tertiary/aromatic N) is 1. The van der Waals surface area contributed by atoms with Crippen molar-refractivity contribution in [3.63, 3.8) is 0 Å². The molecule has 1 aliphatic rings. The van der Waals surface area contributed by atoms with E-state index in [4.69, 9.17) is 21.1 Å². The van der Waals surface area contributed by atoms with Gasteiger partial charge in [-0.15, -0.1) is 0 Å². The van der Waals surface area contributed by atoms with Gasteiger partial charge >= 0.3 is 0 Å². The third kappa shape index (κ3) is 5.21. The highest BCUT2D eigenvalue weighted by atomic mass is 35.5. The van der Waals surface area contributed by atoms with Crippen LogP contribution in [0.2, 0.25) is 5.02 Å². The number of fused-ring (bicyclic) bond motifs is 1. The van der Waals surface area contributed by atoms with Gasteiger partial charge in [0.2, 0.25) is 5.91 Å². The fourth-order valence-corrected chi connectivity index (χ4v) is 2.54. The first-order valence-corrected chi connectivity index (χ1v) is 8.67. The first-order chi connectivity index (χ1) is 13.0. The molecule has 2 aromatic carbocycles. The Morgan fingerprint density at radius 2 is 1.78 bits per heavy atom. The molecule has 2 N–H and O–H groups in total. The minimum atomic E-state index is -0.377. The number of hydrogen-bond donors (Lipinski definition) is 2. The van der Waals surface area contributed by atoms with E-state index >= 15 is 0 Å². The minimum Gasteiger partial charge on any atom is -0.486 e. The van der Waals surface area contributed by atoms with Gasteiger partial charge in [-0.3, -0.25) is 9.59 Å². The molecule has 8 heteroatoms. The predicted molar refractivity (Wildman–Crippen MR) is 103 cm³/mol. The lowest BCUT2D eigenvalue weighted by Gasteiger charge is -2.19. The maximum atomic E-state index is 12.2. The van der Waals surface area contributed by atoms with Gasteiger partial charge in [-0.05, 0) is 43.3 Å². The smallest absolute Gasteiger partial charge is 0.271 e. The number of rotatable bonds is 5. The molecular formula is C19H18ClN3O4. The van der Waals surface area contributed by atoms with Crippen LogP contribution in [0.3, 0.4) is 0 Å². The summed E-state index contributed by atoms with van der Waals surface area (Å²) >= 11 is 5.79. The van der Waals surface area contributed by atoms with Crippen molar-refractivity contribution in [1.29, 1.82) is 0 Å². The Balaban J connectivity index is 1.53. The lowest BCUT2D eigenvalue weighted by Crippen LogP contribution is -2.21. The summed E-state index contributed by atoms with van der Waals surface area (Å²) in [7, 11) is 0. The number of carbonyl (C=O) groups is 2. The summed E-state index contributed by atoms with van der Waals surface area (Å²) in [4.78, 5) is 24.1. The standard InChI is InChI=1S/C19H18ClN3O4/c1-12(22-23-19(25)13-2-4-14(20)5-3-13)10-18(24)21-15-6-7-16-17(11-15)27-9-8-26-16/h2-7,11H,8-10H2,1H3,(H,21,24)(H,23,25). The van der Waals surface area contributed by atoms with E-state index in [0.29, 0.717) is 46.7 Å². The molecule has 0 aliphatic carbocycles. The van der Waals surface area contributed by atoms with E-state index in [2.05, 4.69) is 15.8 Å². The molecule has 0 saturated heterocycles. The molecule has 0 bridgehead atoms. The topological polar surface area (TPSA) is 89.0 Å². The van der Waals surface area contributed by atoms with Crippen LogP contribution in [-0.4, -0.2) is 30.7 Å². The Morgan fingerprint density at radius 1 is 1.07 bits per heavy atom. The van der Waals surface area contributed by atoms with Crippen molar-refractivity contribution in [3.8, 4) is 11.5 Å². The molecule has 0 atom stereocenters. The average molecular weight is 388 g/mol. The van der Waals surface area contributed by atoms with E-state index in [1.165, 1.54) is 0 Å². The van der Waals surface area contributed by atoms with Gasteiger partial charge in [0.25, 0.3) is 5.91 Å². The second-order valence-electron chi connectivity index (χ2n) is 5.88. The zero-order valence-corrected chi connectivity index (χ0v) is 15.4. The maximum absolute atomic E-state index is 12.2. The van der Waals surface area contributed by atoms with Gasteiger partial charge in [0.05, 0.1) is 6.42 Å². The molecule has 0 fully saturated rings. The van der Waals surface area contributed by atoms with Crippen LogP contribution in [-0.2, 0) is 4.79 Å². The molecule has 140 valence electrons. The molecule has 1 heterocycles. The molecule has 0 spiro atoms. The summed E-state index contributed by atoms with van der Waals surface area (Å²) < 4.78 is 10.9. The number of nitrogens with one attached hydrogen (secondary N) is 2. The van der Waals surface area contributed by atoms with Crippen LogP contribution in [0.5, 0.6) is 11.5 Å². The van der Waals surface area contributed by atoms with Gasteiger partial charge in [-0.2, -0.15) is 5.10 Å². The molecule has 7 nitrogen and oxygen atoms in total. The Morgan fingerprint density at radius 3 is 2.52 bits per heavy atom. The molecule has 27 heavy (non-hydrogen) atoms. The minimum absolute atomic E-state index is 0.0370. The van der Waals surface area contributed by atoms with Crippen molar-refractivity contribution in [1.82, 2.24) is 5.43 Å². The van der Waals surface area contributed by atoms with E-state index in [-0.39, 0.29) is 18.2 Å². The number of carbonyl (C=O) groups excluding carboxylic acids is 2. The lowest BCUT2D eigenvalue weighted by atomic mass is 10.2. The second-order valence-corrected chi connectivity index (χ2v) is 6.31. The number of hydrazone groups is 1. The van der Waals surface area contributed by atoms with Crippen molar-refractivity contribution >= 4 is 34.8 Å². The van der Waals surface area contributed by atoms with Crippen LogP contribution in [0.1, 0.15) is 23.7 Å². The van der Waals surface area contributed by atoms with E-state index in [1.807, 2.05) is 0 Å². The van der Waals surface area contributed by atoms with Crippen LogP contribution < -0.4 is 20.2 Å². The Hall–Kier alpha value is -3.06. The number of halogens is 1. The fraction of sp³-hybridized carbons (Fsp3) is 0.211. The summed E-state index contributed by atoms with van der Waals surface area (Å²) in [5.74, 6) is 0.619. The van der Waals surface area contributed by atoms with Gasteiger partial charge in [-0.1, -0.05) is 11.6 Å². The highest BCUT2D eigenvalue weighted by Crippen LogP contribution is 2.32. The summed E-state index contributed by atoms with van der Waals surface area (Å²) in [6.45, 7) is 2.64. The Bertz CT molecular complexity index is 881. The summed E-state index contributed by atoms with van der Waals surface area (Å²) in [5.41, 5.74) is 3.91. The third-order valence-electron chi connectivity index (χ3n) is 3.70. The SMILES string of the molecule is CC(CC(=O)Nc1ccc2c(c1)OCCO2)=NNC(=O)c1ccc(Cl)cc1. The molecule has 2 aromatic rings. The van der Waals surface area contributed by atoms with E-state index < -0.39 is 0 Å². The third-order valence-corrected chi connectivity index (χ3v) is 3.95. The highest BCUT2D eigenvalue weighted by Gasteiger charge is 2.13. The summed E-state index contributed by atoms with van der Waals surface area (Å²) in [6, 6.07) is 11.6. The van der Waals surface area contributed by atoms with Gasteiger partial charge in [0.15, 0.2) is 11.5 Å². The molecule has 0 saturated carbocycles. The van der Waals surface area contributed by atoms with Gasteiger partial charge in [0, 0.05) is 28.1 Å². The molecule has 2 amide bonds. The van der Waals surface area contributed by atoms with Gasteiger partial charge < -0.3 is 14.8 Å². The predicted octanol–water partition coefficient (Wildman–Crippen LogP) is 3.25. The van der Waals surface area contributed by atoms with Crippen LogP contribution in [0.15, 0.2) is 47.6 Å². The van der Waals surface area contributed by atoms with Gasteiger partial charge in [-0.25, -0.2) is 5.43 Å². The first kappa shape index (κ1) is 18.7. The normalized spacial score (nSPS) is 13.0. The lowest BCUT2D eigenvalue weighted by molar-refractivity contribution is -0.115. The summed E-state index contributed by atoms with van der Waals surface area (Å²) in [5, 5.41) is 7.26. The molecule has 3 rings (SSSR count). The molecule has 0 unspecified atom stereocenters. The maximum Gasteiger partial charge on any atom is 0.271 e. The highest BCUT2D eigenvalue weighted by molar-refractivity contribution is 6.30. The first-order valence-electron chi connectivity index (χ1n) is 8.30. The van der Waals surface area contributed by atoms with E-state index in [9.17, 15) is 9.59 Å². The van der Waals surface area contributed by atoms with Crippen molar-refractivity contribution < 1.29 is 19.1 Å². The number of ether oxygens (including phenoxy) is 2. The summed E-state index contributed by atoms with van der Waals surface area (Å²) in [6.07, 6.45) is 0.0370. The number of anilines is 1. The largest absolute Gasteiger partial charge is 0.486 e. The van der Waals surface area contributed by atoms with E-state index in [0.717, 1.165) is 0 Å². The Kier molecular flexibility index (Phi) is 5.93. The molecule has 1 aliphatic heterocycles. The quantitative estimate of drug-likeness (QED) is 0.608. The van der Waals surface area contributed by atoms with Crippen molar-refractivity contribution in [2.45, 2.75) is 13.3 Å². The second kappa shape index (κ2) is 8.55.